The monoisotopic (exact) mass is 241 g/mol. The number of alkyl halides is 5. The summed E-state index contributed by atoms with van der Waals surface area (Å²) in [4.78, 5) is 3.36. The van der Waals surface area contributed by atoms with Crippen LogP contribution in [-0.2, 0) is 12.7 Å². The van der Waals surface area contributed by atoms with Gasteiger partial charge in [-0.25, -0.2) is 13.8 Å². The molecular weight excluding hydrogens is 233 g/mol. The first-order chi connectivity index (χ1) is 7.27. The van der Waals surface area contributed by atoms with Crippen molar-refractivity contribution in [3.05, 3.63) is 22.9 Å². The molecular formula is C8H8F5N3. The second-order valence-corrected chi connectivity index (χ2v) is 2.96. The standard InChI is InChI=1S/C8H8F5N3/c9-7(10)6-3(8(11,12)13)1-5(15)16-4(6)2-14/h1,7H,2,14H2,(H2,15,16). The van der Waals surface area contributed by atoms with Gasteiger partial charge in [0.1, 0.15) is 5.82 Å². The highest BCUT2D eigenvalue weighted by Gasteiger charge is 2.37. The predicted octanol–water partition coefficient (Wildman–Crippen LogP) is 2.08. The number of pyridine rings is 1. The molecule has 1 aromatic heterocycles. The van der Waals surface area contributed by atoms with Crippen LogP contribution in [0, 0.1) is 0 Å². The van der Waals surface area contributed by atoms with Crippen LogP contribution in [0.1, 0.15) is 23.2 Å². The molecule has 0 radical (unpaired) electrons. The highest BCUT2D eigenvalue weighted by atomic mass is 19.4. The minimum absolute atomic E-state index is 0.376. The lowest BCUT2D eigenvalue weighted by Gasteiger charge is -2.15. The molecule has 4 N–H and O–H groups in total. The van der Waals surface area contributed by atoms with E-state index < -0.39 is 41.8 Å². The molecule has 0 saturated heterocycles. The highest BCUT2D eigenvalue weighted by molar-refractivity contribution is 5.43. The van der Waals surface area contributed by atoms with Crippen molar-refractivity contribution in [1.29, 1.82) is 0 Å². The minimum Gasteiger partial charge on any atom is -0.384 e. The number of rotatable bonds is 2. The van der Waals surface area contributed by atoms with Gasteiger partial charge in [-0.05, 0) is 6.07 Å². The SMILES string of the molecule is NCc1nc(N)cc(C(F)(F)F)c1C(F)F. The van der Waals surface area contributed by atoms with Crippen LogP contribution in [0.2, 0.25) is 0 Å². The van der Waals surface area contributed by atoms with Crippen molar-refractivity contribution in [3.63, 3.8) is 0 Å². The lowest BCUT2D eigenvalue weighted by atomic mass is 10.1. The van der Waals surface area contributed by atoms with Crippen LogP contribution in [0.3, 0.4) is 0 Å². The van der Waals surface area contributed by atoms with Crippen LogP contribution in [0.15, 0.2) is 6.07 Å². The summed E-state index contributed by atoms with van der Waals surface area (Å²) in [6.45, 7) is -0.534. The van der Waals surface area contributed by atoms with Crippen LogP contribution < -0.4 is 11.5 Å². The van der Waals surface area contributed by atoms with E-state index in [1.54, 1.807) is 0 Å². The van der Waals surface area contributed by atoms with Gasteiger partial charge in [0.25, 0.3) is 6.43 Å². The van der Waals surface area contributed by atoms with Crippen LogP contribution in [-0.4, -0.2) is 4.98 Å². The number of nitrogens with zero attached hydrogens (tertiary/aromatic N) is 1. The number of anilines is 1. The van der Waals surface area contributed by atoms with Gasteiger partial charge in [-0.1, -0.05) is 0 Å². The lowest BCUT2D eigenvalue weighted by molar-refractivity contribution is -0.139. The fourth-order valence-corrected chi connectivity index (χ4v) is 1.26. The zero-order chi connectivity index (χ0) is 12.5. The van der Waals surface area contributed by atoms with Crippen molar-refractivity contribution in [1.82, 2.24) is 4.98 Å². The molecule has 16 heavy (non-hydrogen) atoms. The van der Waals surface area contributed by atoms with Crippen molar-refractivity contribution in [2.75, 3.05) is 5.73 Å². The largest absolute Gasteiger partial charge is 0.417 e. The summed E-state index contributed by atoms with van der Waals surface area (Å²) in [7, 11) is 0. The normalized spacial score (nSPS) is 12.2. The Balaban J connectivity index is 3.51. The third-order valence-corrected chi connectivity index (χ3v) is 1.87. The summed E-state index contributed by atoms with van der Waals surface area (Å²) in [5.74, 6) is -0.489. The van der Waals surface area contributed by atoms with E-state index in [0.29, 0.717) is 6.07 Å². The molecule has 0 amide bonds. The Morgan fingerprint density at radius 2 is 1.88 bits per heavy atom. The predicted molar refractivity (Wildman–Crippen MR) is 46.5 cm³/mol. The van der Waals surface area contributed by atoms with E-state index in [1.165, 1.54) is 0 Å². The molecule has 0 bridgehead atoms. The molecule has 0 unspecified atom stereocenters. The molecule has 0 aliphatic carbocycles. The Kier molecular flexibility index (Phi) is 3.32. The maximum absolute atomic E-state index is 12.5. The van der Waals surface area contributed by atoms with E-state index in [1.807, 2.05) is 0 Å². The zero-order valence-corrected chi connectivity index (χ0v) is 7.85. The Morgan fingerprint density at radius 1 is 1.31 bits per heavy atom. The van der Waals surface area contributed by atoms with Crippen molar-refractivity contribution >= 4 is 5.82 Å². The van der Waals surface area contributed by atoms with Gasteiger partial charge < -0.3 is 11.5 Å². The summed E-state index contributed by atoms with van der Waals surface area (Å²) in [5, 5.41) is 0. The molecule has 90 valence electrons. The van der Waals surface area contributed by atoms with Gasteiger partial charge in [-0.15, -0.1) is 0 Å². The molecule has 0 spiro atoms. The number of aromatic nitrogens is 1. The van der Waals surface area contributed by atoms with Crippen molar-refractivity contribution in [2.24, 2.45) is 5.73 Å². The molecule has 0 aromatic carbocycles. The van der Waals surface area contributed by atoms with Crippen molar-refractivity contribution in [3.8, 4) is 0 Å². The van der Waals surface area contributed by atoms with E-state index in [4.69, 9.17) is 11.5 Å². The Hall–Kier alpha value is -1.44. The molecule has 1 aromatic rings. The number of nitrogen functional groups attached to an aromatic ring is 1. The molecule has 0 saturated carbocycles. The van der Waals surface area contributed by atoms with Gasteiger partial charge in [0.2, 0.25) is 0 Å². The van der Waals surface area contributed by atoms with Crippen molar-refractivity contribution < 1.29 is 22.0 Å². The third kappa shape index (κ3) is 2.38. The van der Waals surface area contributed by atoms with Gasteiger partial charge in [0.15, 0.2) is 0 Å². The Labute approximate surface area is 87.3 Å². The molecule has 3 nitrogen and oxygen atoms in total. The second-order valence-electron chi connectivity index (χ2n) is 2.96. The first kappa shape index (κ1) is 12.6. The average Bonchev–Trinajstić information content (AvgIpc) is 2.14. The fourth-order valence-electron chi connectivity index (χ4n) is 1.26. The summed E-state index contributed by atoms with van der Waals surface area (Å²) < 4.78 is 62.3. The summed E-state index contributed by atoms with van der Waals surface area (Å²) in [6.07, 6.45) is -8.21. The van der Waals surface area contributed by atoms with Crippen molar-refractivity contribution in [2.45, 2.75) is 19.1 Å². The summed E-state index contributed by atoms with van der Waals surface area (Å²) in [5.41, 5.74) is 6.91. The van der Waals surface area contributed by atoms with Gasteiger partial charge in [0, 0.05) is 6.54 Å². The first-order valence-electron chi connectivity index (χ1n) is 4.12. The topological polar surface area (TPSA) is 64.9 Å². The van der Waals surface area contributed by atoms with Gasteiger partial charge >= 0.3 is 6.18 Å². The molecule has 8 heteroatoms. The third-order valence-electron chi connectivity index (χ3n) is 1.87. The summed E-state index contributed by atoms with van der Waals surface area (Å²) >= 11 is 0. The summed E-state index contributed by atoms with van der Waals surface area (Å²) in [6, 6.07) is 0.376. The van der Waals surface area contributed by atoms with Gasteiger partial charge in [0.05, 0.1) is 16.8 Å². The number of halogens is 5. The van der Waals surface area contributed by atoms with E-state index in [-0.39, 0.29) is 0 Å². The Bertz CT molecular complexity index is 388. The average molecular weight is 241 g/mol. The number of hydrogen-bond donors (Lipinski definition) is 2. The quantitative estimate of drug-likeness (QED) is 0.779. The number of nitrogens with two attached hydrogens (primary N) is 2. The van der Waals surface area contributed by atoms with E-state index in [2.05, 4.69) is 4.98 Å². The number of hydrogen-bond acceptors (Lipinski definition) is 3. The molecule has 0 aliphatic rings. The Morgan fingerprint density at radius 3 is 2.25 bits per heavy atom. The van der Waals surface area contributed by atoms with Gasteiger partial charge in [-0.3, -0.25) is 0 Å². The van der Waals surface area contributed by atoms with E-state index in [9.17, 15) is 22.0 Å². The highest BCUT2D eigenvalue weighted by Crippen LogP contribution is 2.38. The van der Waals surface area contributed by atoms with Gasteiger partial charge in [-0.2, -0.15) is 13.2 Å². The van der Waals surface area contributed by atoms with Crippen LogP contribution >= 0.6 is 0 Å². The molecule has 0 atom stereocenters. The maximum atomic E-state index is 12.5. The maximum Gasteiger partial charge on any atom is 0.417 e. The molecule has 1 rings (SSSR count). The minimum atomic E-state index is -4.91. The van der Waals surface area contributed by atoms with Crippen LogP contribution in [0.25, 0.3) is 0 Å². The first-order valence-corrected chi connectivity index (χ1v) is 4.12. The second kappa shape index (κ2) is 4.20. The molecule has 0 aliphatic heterocycles. The van der Waals surface area contributed by atoms with E-state index in [0.717, 1.165) is 0 Å². The zero-order valence-electron chi connectivity index (χ0n) is 7.85. The van der Waals surface area contributed by atoms with E-state index >= 15 is 0 Å². The molecule has 1 heterocycles. The smallest absolute Gasteiger partial charge is 0.384 e. The lowest BCUT2D eigenvalue weighted by Crippen LogP contribution is -2.16. The van der Waals surface area contributed by atoms with Crippen LogP contribution in [0.4, 0.5) is 27.8 Å². The fraction of sp³-hybridized carbons (Fsp3) is 0.375. The molecule has 0 fully saturated rings. The van der Waals surface area contributed by atoms with Crippen LogP contribution in [0.5, 0.6) is 0 Å².